The minimum atomic E-state index is -0.499. The molecule has 0 fully saturated rings. The van der Waals surface area contributed by atoms with Gasteiger partial charge in [-0.1, -0.05) is 62.1 Å². The van der Waals surface area contributed by atoms with Crippen LogP contribution in [0.2, 0.25) is 0 Å². The highest BCUT2D eigenvalue weighted by atomic mass is 16.5. The number of benzene rings is 1. The molecule has 1 aromatic carbocycles. The van der Waals surface area contributed by atoms with Crippen LogP contribution in [0.1, 0.15) is 32.3 Å². The molecule has 1 rings (SSSR count). The van der Waals surface area contributed by atoms with Gasteiger partial charge in [-0.05, 0) is 17.0 Å². The quantitative estimate of drug-likeness (QED) is 0.445. The second kappa shape index (κ2) is 9.66. The highest BCUT2D eigenvalue weighted by Gasteiger charge is 2.16. The van der Waals surface area contributed by atoms with Gasteiger partial charge in [0, 0.05) is 11.5 Å². The van der Waals surface area contributed by atoms with Crippen molar-refractivity contribution in [2.45, 2.75) is 39.3 Å². The summed E-state index contributed by atoms with van der Waals surface area (Å²) in [5.74, 6) is 0.223. The molecule has 0 aromatic heterocycles. The van der Waals surface area contributed by atoms with Crippen LogP contribution in [0.3, 0.4) is 0 Å². The Morgan fingerprint density at radius 2 is 2.14 bits per heavy atom. The summed E-state index contributed by atoms with van der Waals surface area (Å²) in [5.41, 5.74) is 9.51. The highest BCUT2D eigenvalue weighted by Crippen LogP contribution is 2.13. The lowest BCUT2D eigenvalue weighted by molar-refractivity contribution is 0.138. The van der Waals surface area contributed by atoms with E-state index in [1.165, 1.54) is 0 Å². The Bertz CT molecular complexity index is 472. The van der Waals surface area contributed by atoms with E-state index in [2.05, 4.69) is 22.3 Å². The molecule has 21 heavy (non-hydrogen) atoms. The van der Waals surface area contributed by atoms with Gasteiger partial charge in [-0.3, -0.25) is 0 Å². The number of nitrogens with zero attached hydrogens (tertiary/aromatic N) is 3. The fraction of sp³-hybridized carbons (Fsp3) is 0.533. The molecule has 0 unspecified atom stereocenters. The summed E-state index contributed by atoms with van der Waals surface area (Å²) < 4.78 is 5.11. The molecule has 0 aliphatic heterocycles. The predicted octanol–water partition coefficient (Wildman–Crippen LogP) is 4.03. The van der Waals surface area contributed by atoms with Crippen molar-refractivity contribution in [1.29, 1.82) is 0 Å². The second-order valence-corrected chi connectivity index (χ2v) is 4.98. The van der Waals surface area contributed by atoms with Gasteiger partial charge in [0.1, 0.15) is 6.61 Å². The van der Waals surface area contributed by atoms with E-state index >= 15 is 0 Å². The Kier molecular flexibility index (Phi) is 7.76. The number of alkyl carbamates (subject to hydrolysis) is 1. The van der Waals surface area contributed by atoms with Crippen LogP contribution in [0.15, 0.2) is 35.4 Å². The third-order valence-electron chi connectivity index (χ3n) is 3.27. The number of hydrogen-bond donors (Lipinski definition) is 1. The van der Waals surface area contributed by atoms with Gasteiger partial charge < -0.3 is 10.1 Å². The van der Waals surface area contributed by atoms with Crippen LogP contribution in [-0.2, 0) is 11.3 Å². The summed E-state index contributed by atoms with van der Waals surface area (Å²) in [5, 5.41) is 6.39. The van der Waals surface area contributed by atoms with E-state index in [1.54, 1.807) is 0 Å². The fourth-order valence-electron chi connectivity index (χ4n) is 2.03. The van der Waals surface area contributed by atoms with Crippen molar-refractivity contribution in [3.8, 4) is 0 Å². The zero-order valence-electron chi connectivity index (χ0n) is 12.5. The van der Waals surface area contributed by atoms with E-state index in [0.29, 0.717) is 6.54 Å². The number of rotatable bonds is 8. The summed E-state index contributed by atoms with van der Waals surface area (Å²) in [7, 11) is 0. The van der Waals surface area contributed by atoms with E-state index < -0.39 is 6.09 Å². The topological polar surface area (TPSA) is 87.1 Å². The molecule has 0 saturated heterocycles. The first-order valence-electron chi connectivity index (χ1n) is 7.16. The number of nitrogens with one attached hydrogen (secondary N) is 1. The largest absolute Gasteiger partial charge is 0.445 e. The van der Waals surface area contributed by atoms with Crippen molar-refractivity contribution in [3.63, 3.8) is 0 Å². The molecule has 114 valence electrons. The average molecular weight is 290 g/mol. The second-order valence-electron chi connectivity index (χ2n) is 4.98. The van der Waals surface area contributed by atoms with Gasteiger partial charge in [-0.15, -0.1) is 0 Å². The molecule has 0 spiro atoms. The molecule has 0 heterocycles. The maximum Gasteiger partial charge on any atom is 0.407 e. The zero-order valence-corrected chi connectivity index (χ0v) is 12.5. The molecule has 1 N–H and O–H groups in total. The first kappa shape index (κ1) is 16.9. The van der Waals surface area contributed by atoms with E-state index in [9.17, 15) is 4.79 Å². The van der Waals surface area contributed by atoms with E-state index in [4.69, 9.17) is 10.3 Å². The standard InChI is InChI=1S/C15H22N4O2/c1-3-7-12(2)14(18-19-16)10-17-15(20)21-11-13-8-5-4-6-9-13/h4-6,8-9,12,14H,3,7,10-11H2,1-2H3,(H,17,20)/t12-,14-/m1/s1. The molecule has 1 aromatic rings. The van der Waals surface area contributed by atoms with Gasteiger partial charge in [-0.2, -0.15) is 0 Å². The van der Waals surface area contributed by atoms with Gasteiger partial charge >= 0.3 is 6.09 Å². The zero-order chi connectivity index (χ0) is 15.5. The summed E-state index contributed by atoms with van der Waals surface area (Å²) in [6.07, 6.45) is 1.46. The molecule has 0 radical (unpaired) electrons. The molecular weight excluding hydrogens is 268 g/mol. The number of carbonyl (C=O) groups excluding carboxylic acids is 1. The van der Waals surface area contributed by atoms with Crippen LogP contribution in [0, 0.1) is 5.92 Å². The predicted molar refractivity (Wildman–Crippen MR) is 81.6 cm³/mol. The summed E-state index contributed by atoms with van der Waals surface area (Å²) >= 11 is 0. The molecule has 6 heteroatoms. The van der Waals surface area contributed by atoms with E-state index in [0.717, 1.165) is 18.4 Å². The van der Waals surface area contributed by atoms with Crippen molar-refractivity contribution < 1.29 is 9.53 Å². The van der Waals surface area contributed by atoms with Crippen molar-refractivity contribution in [3.05, 3.63) is 46.3 Å². The van der Waals surface area contributed by atoms with Crippen LogP contribution in [0.5, 0.6) is 0 Å². The maximum atomic E-state index is 11.6. The molecule has 0 aliphatic carbocycles. The number of ether oxygens (including phenoxy) is 1. The Hall–Kier alpha value is -2.20. The first-order valence-corrected chi connectivity index (χ1v) is 7.16. The number of hydrogen-bond acceptors (Lipinski definition) is 3. The lowest BCUT2D eigenvalue weighted by Gasteiger charge is -2.19. The minimum absolute atomic E-state index is 0.223. The molecular formula is C15H22N4O2. The number of amides is 1. The summed E-state index contributed by atoms with van der Waals surface area (Å²) in [6.45, 7) is 4.60. The fourth-order valence-corrected chi connectivity index (χ4v) is 2.03. The van der Waals surface area contributed by atoms with Gasteiger partial charge in [0.15, 0.2) is 0 Å². The molecule has 0 saturated carbocycles. The Labute approximate surface area is 125 Å². The van der Waals surface area contributed by atoms with Crippen molar-refractivity contribution in [1.82, 2.24) is 5.32 Å². The average Bonchev–Trinajstić information content (AvgIpc) is 2.50. The van der Waals surface area contributed by atoms with Crippen LogP contribution >= 0.6 is 0 Å². The third-order valence-corrected chi connectivity index (χ3v) is 3.27. The van der Waals surface area contributed by atoms with Crippen LogP contribution in [-0.4, -0.2) is 18.7 Å². The van der Waals surface area contributed by atoms with Crippen molar-refractivity contribution >= 4 is 6.09 Å². The van der Waals surface area contributed by atoms with Crippen molar-refractivity contribution in [2.24, 2.45) is 11.0 Å². The number of azide groups is 1. The lowest BCUT2D eigenvalue weighted by atomic mass is 9.97. The first-order chi connectivity index (χ1) is 10.2. The van der Waals surface area contributed by atoms with Crippen LogP contribution < -0.4 is 5.32 Å². The highest BCUT2D eigenvalue weighted by molar-refractivity contribution is 5.67. The van der Waals surface area contributed by atoms with Crippen molar-refractivity contribution in [2.75, 3.05) is 6.54 Å². The van der Waals surface area contributed by atoms with E-state index in [-0.39, 0.29) is 18.6 Å². The molecule has 6 nitrogen and oxygen atoms in total. The van der Waals surface area contributed by atoms with Crippen LogP contribution in [0.4, 0.5) is 4.79 Å². The molecule has 2 atom stereocenters. The Morgan fingerprint density at radius 3 is 2.76 bits per heavy atom. The Balaban J connectivity index is 2.37. The lowest BCUT2D eigenvalue weighted by Crippen LogP contribution is -2.34. The minimum Gasteiger partial charge on any atom is -0.445 e. The van der Waals surface area contributed by atoms with Gasteiger partial charge in [0.05, 0.1) is 6.04 Å². The maximum absolute atomic E-state index is 11.6. The van der Waals surface area contributed by atoms with Gasteiger partial charge in [0.2, 0.25) is 0 Å². The Morgan fingerprint density at radius 1 is 1.43 bits per heavy atom. The SMILES string of the molecule is CCC[C@@H](C)[C@@H](CNC(=O)OCc1ccccc1)N=[N+]=[N-]. The third kappa shape index (κ3) is 6.68. The van der Waals surface area contributed by atoms with Gasteiger partial charge in [0.25, 0.3) is 0 Å². The summed E-state index contributed by atoms with van der Waals surface area (Å²) in [6, 6.07) is 9.21. The normalized spacial score (nSPS) is 12.9. The smallest absolute Gasteiger partial charge is 0.407 e. The molecule has 0 bridgehead atoms. The monoisotopic (exact) mass is 290 g/mol. The van der Waals surface area contributed by atoms with Gasteiger partial charge in [-0.25, -0.2) is 4.79 Å². The van der Waals surface area contributed by atoms with E-state index in [1.807, 2.05) is 37.3 Å². The van der Waals surface area contributed by atoms with Crippen LogP contribution in [0.25, 0.3) is 10.4 Å². The number of carbonyl (C=O) groups is 1. The molecule has 1 amide bonds. The molecule has 0 aliphatic rings. The summed E-state index contributed by atoms with van der Waals surface area (Å²) in [4.78, 5) is 14.5.